The van der Waals surface area contributed by atoms with Gasteiger partial charge in [0, 0.05) is 24.4 Å². The van der Waals surface area contributed by atoms with Gasteiger partial charge in [-0.15, -0.1) is 11.3 Å². The molecule has 2 heterocycles. The second-order valence-electron chi connectivity index (χ2n) is 6.21. The molecule has 1 aromatic heterocycles. The predicted octanol–water partition coefficient (Wildman–Crippen LogP) is 3.02. The van der Waals surface area contributed by atoms with Crippen LogP contribution in [0.2, 0.25) is 0 Å². The lowest BCUT2D eigenvalue weighted by Crippen LogP contribution is -2.37. The van der Waals surface area contributed by atoms with Crippen molar-refractivity contribution in [2.24, 2.45) is 0 Å². The Morgan fingerprint density at radius 3 is 2.75 bits per heavy atom. The number of benzene rings is 1. The van der Waals surface area contributed by atoms with Crippen LogP contribution >= 0.6 is 11.3 Å². The van der Waals surface area contributed by atoms with E-state index in [1.165, 1.54) is 16.9 Å². The Morgan fingerprint density at radius 1 is 1.25 bits per heavy atom. The highest BCUT2D eigenvalue weighted by atomic mass is 32.1. The molecule has 1 aliphatic heterocycles. The van der Waals surface area contributed by atoms with Gasteiger partial charge in [-0.3, -0.25) is 9.59 Å². The van der Waals surface area contributed by atoms with Crippen molar-refractivity contribution in [1.82, 2.24) is 10.2 Å². The summed E-state index contributed by atoms with van der Waals surface area (Å²) < 4.78 is 0. The van der Waals surface area contributed by atoms with Crippen molar-refractivity contribution < 1.29 is 9.59 Å². The van der Waals surface area contributed by atoms with E-state index in [-0.39, 0.29) is 17.9 Å². The lowest BCUT2D eigenvalue weighted by atomic mass is 10.1. The van der Waals surface area contributed by atoms with Crippen LogP contribution in [0.5, 0.6) is 0 Å². The first kappa shape index (κ1) is 16.7. The van der Waals surface area contributed by atoms with Gasteiger partial charge in [-0.1, -0.05) is 30.3 Å². The summed E-state index contributed by atoms with van der Waals surface area (Å²) in [5, 5.41) is 2.99. The third kappa shape index (κ3) is 4.23. The zero-order chi connectivity index (χ0) is 16.9. The van der Waals surface area contributed by atoms with Crippen LogP contribution in [0.4, 0.5) is 0 Å². The summed E-state index contributed by atoms with van der Waals surface area (Å²) in [6.45, 7) is 3.34. The summed E-state index contributed by atoms with van der Waals surface area (Å²) in [6, 6.07) is 14.0. The fraction of sp³-hybridized carbons (Fsp3) is 0.368. The Morgan fingerprint density at radius 2 is 2.04 bits per heavy atom. The number of likely N-dealkylation sites (tertiary alicyclic amines) is 1. The maximum atomic E-state index is 12.2. The van der Waals surface area contributed by atoms with E-state index in [0.717, 1.165) is 24.3 Å². The monoisotopic (exact) mass is 342 g/mol. The molecule has 1 atom stereocenters. The second kappa shape index (κ2) is 7.62. The molecular weight excluding hydrogens is 320 g/mol. The number of thiophene rings is 1. The summed E-state index contributed by atoms with van der Waals surface area (Å²) in [5.74, 6) is 0.0627. The van der Waals surface area contributed by atoms with Crippen LogP contribution in [-0.4, -0.2) is 35.8 Å². The van der Waals surface area contributed by atoms with E-state index in [1.807, 2.05) is 42.2 Å². The predicted molar refractivity (Wildman–Crippen MR) is 96.3 cm³/mol. The number of hydrogen-bond acceptors (Lipinski definition) is 3. The van der Waals surface area contributed by atoms with Crippen molar-refractivity contribution in [3.8, 4) is 0 Å². The standard InChI is InChI=1S/C19H22N2O2S/c1-14-9-10-17(24-14)19(23)20-16-12-18(22)21(13-16)11-5-8-15-6-3-2-4-7-15/h2-4,6-7,9-10,16H,5,8,11-13H2,1H3,(H,20,23)/t16-/m0/s1. The molecule has 3 rings (SSSR count). The highest BCUT2D eigenvalue weighted by Crippen LogP contribution is 2.17. The molecule has 1 aliphatic rings. The van der Waals surface area contributed by atoms with Gasteiger partial charge in [0.05, 0.1) is 10.9 Å². The number of carbonyl (C=O) groups excluding carboxylic acids is 2. The minimum atomic E-state index is -0.0795. The number of rotatable bonds is 6. The second-order valence-corrected chi connectivity index (χ2v) is 7.50. The van der Waals surface area contributed by atoms with Gasteiger partial charge in [-0.25, -0.2) is 0 Å². The average molecular weight is 342 g/mol. The van der Waals surface area contributed by atoms with Crippen LogP contribution < -0.4 is 5.32 Å². The first-order valence-electron chi connectivity index (χ1n) is 8.31. The van der Waals surface area contributed by atoms with Crippen LogP contribution in [0.3, 0.4) is 0 Å². The Kier molecular flexibility index (Phi) is 5.30. The van der Waals surface area contributed by atoms with Crippen molar-refractivity contribution in [2.45, 2.75) is 32.2 Å². The lowest BCUT2D eigenvalue weighted by Gasteiger charge is -2.17. The van der Waals surface area contributed by atoms with E-state index in [2.05, 4.69) is 17.4 Å². The molecule has 2 amide bonds. The summed E-state index contributed by atoms with van der Waals surface area (Å²) in [7, 11) is 0. The number of nitrogens with one attached hydrogen (secondary N) is 1. The van der Waals surface area contributed by atoms with Gasteiger partial charge < -0.3 is 10.2 Å². The van der Waals surface area contributed by atoms with E-state index in [0.29, 0.717) is 17.8 Å². The Labute approximate surface area is 146 Å². The van der Waals surface area contributed by atoms with E-state index in [1.54, 1.807) is 0 Å². The molecule has 1 aromatic carbocycles. The first-order valence-corrected chi connectivity index (χ1v) is 9.12. The van der Waals surface area contributed by atoms with Crippen molar-refractivity contribution in [3.63, 3.8) is 0 Å². The number of carbonyl (C=O) groups is 2. The minimum Gasteiger partial charge on any atom is -0.346 e. The van der Waals surface area contributed by atoms with Gasteiger partial charge in [-0.05, 0) is 37.5 Å². The van der Waals surface area contributed by atoms with E-state index >= 15 is 0 Å². The molecule has 2 aromatic rings. The van der Waals surface area contributed by atoms with Crippen LogP contribution in [0.1, 0.15) is 33.0 Å². The average Bonchev–Trinajstić information content (AvgIpc) is 3.15. The molecule has 0 spiro atoms. The lowest BCUT2D eigenvalue weighted by molar-refractivity contribution is -0.127. The summed E-state index contributed by atoms with van der Waals surface area (Å²) in [5.41, 5.74) is 1.29. The smallest absolute Gasteiger partial charge is 0.261 e. The van der Waals surface area contributed by atoms with Gasteiger partial charge in [0.15, 0.2) is 0 Å². The highest BCUT2D eigenvalue weighted by molar-refractivity contribution is 7.13. The Balaban J connectivity index is 1.46. The summed E-state index contributed by atoms with van der Waals surface area (Å²) >= 11 is 1.48. The third-order valence-corrected chi connectivity index (χ3v) is 5.25. The molecular formula is C19H22N2O2S. The normalized spacial score (nSPS) is 17.3. The van der Waals surface area contributed by atoms with E-state index in [4.69, 9.17) is 0 Å². The molecule has 1 N–H and O–H groups in total. The molecule has 4 nitrogen and oxygen atoms in total. The van der Waals surface area contributed by atoms with E-state index < -0.39 is 0 Å². The van der Waals surface area contributed by atoms with Crippen LogP contribution in [0.15, 0.2) is 42.5 Å². The zero-order valence-corrected chi connectivity index (χ0v) is 14.6. The molecule has 1 fully saturated rings. The molecule has 126 valence electrons. The van der Waals surface area contributed by atoms with Gasteiger partial charge in [0.1, 0.15) is 0 Å². The molecule has 24 heavy (non-hydrogen) atoms. The fourth-order valence-electron chi connectivity index (χ4n) is 3.02. The van der Waals surface area contributed by atoms with Crippen LogP contribution in [0.25, 0.3) is 0 Å². The number of amides is 2. The number of nitrogens with zero attached hydrogens (tertiary/aromatic N) is 1. The Bertz CT molecular complexity index is 711. The first-order chi connectivity index (χ1) is 11.6. The van der Waals surface area contributed by atoms with Gasteiger partial charge >= 0.3 is 0 Å². The minimum absolute atomic E-state index is 0.0722. The van der Waals surface area contributed by atoms with Gasteiger partial charge in [0.2, 0.25) is 5.91 Å². The molecule has 0 radical (unpaired) electrons. The number of hydrogen-bond donors (Lipinski definition) is 1. The third-order valence-electron chi connectivity index (χ3n) is 4.25. The summed E-state index contributed by atoms with van der Waals surface area (Å²) in [6.07, 6.45) is 2.32. The molecule has 0 unspecified atom stereocenters. The van der Waals surface area contributed by atoms with Crippen molar-refractivity contribution in [1.29, 1.82) is 0 Å². The van der Waals surface area contributed by atoms with Crippen LogP contribution in [-0.2, 0) is 11.2 Å². The van der Waals surface area contributed by atoms with Gasteiger partial charge in [0.25, 0.3) is 5.91 Å². The molecule has 0 aliphatic carbocycles. The maximum Gasteiger partial charge on any atom is 0.261 e. The summed E-state index contributed by atoms with van der Waals surface area (Å²) in [4.78, 5) is 28.0. The largest absolute Gasteiger partial charge is 0.346 e. The SMILES string of the molecule is Cc1ccc(C(=O)N[C@H]2CC(=O)N(CCCc3ccccc3)C2)s1. The van der Waals surface area contributed by atoms with Crippen molar-refractivity contribution >= 4 is 23.2 Å². The van der Waals surface area contributed by atoms with E-state index in [9.17, 15) is 9.59 Å². The Hall–Kier alpha value is -2.14. The quantitative estimate of drug-likeness (QED) is 0.877. The fourth-order valence-corrected chi connectivity index (χ4v) is 3.79. The molecule has 0 bridgehead atoms. The van der Waals surface area contributed by atoms with Crippen LogP contribution in [0, 0.1) is 6.92 Å². The molecule has 1 saturated heterocycles. The maximum absolute atomic E-state index is 12.2. The van der Waals surface area contributed by atoms with Gasteiger partial charge in [-0.2, -0.15) is 0 Å². The topological polar surface area (TPSA) is 49.4 Å². The van der Waals surface area contributed by atoms with Crippen molar-refractivity contribution in [3.05, 3.63) is 57.8 Å². The molecule has 5 heteroatoms. The number of aryl methyl sites for hydroxylation is 2. The zero-order valence-electron chi connectivity index (χ0n) is 13.8. The van der Waals surface area contributed by atoms with Crippen molar-refractivity contribution in [2.75, 3.05) is 13.1 Å². The highest BCUT2D eigenvalue weighted by Gasteiger charge is 2.30. The molecule has 0 saturated carbocycles.